The van der Waals surface area contributed by atoms with Crippen molar-refractivity contribution in [2.24, 2.45) is 0 Å². The minimum Gasteiger partial charge on any atom is -0.508 e. The Bertz CT molecular complexity index is 756. The van der Waals surface area contributed by atoms with E-state index in [-0.39, 0.29) is 5.75 Å². The minimum absolute atomic E-state index is 0.281. The van der Waals surface area contributed by atoms with Gasteiger partial charge in [0.05, 0.1) is 0 Å². The van der Waals surface area contributed by atoms with Crippen molar-refractivity contribution in [2.45, 2.75) is 19.3 Å². The van der Waals surface area contributed by atoms with Crippen molar-refractivity contribution in [3.8, 4) is 22.6 Å². The molecule has 2 nitrogen and oxygen atoms in total. The highest BCUT2D eigenvalue weighted by Gasteiger charge is 2.12. The zero-order chi connectivity index (χ0) is 16.2. The molecule has 2 N–H and O–H groups in total. The van der Waals surface area contributed by atoms with Crippen LogP contribution in [0, 0.1) is 0 Å². The highest BCUT2D eigenvalue weighted by Crippen LogP contribution is 2.31. The summed E-state index contributed by atoms with van der Waals surface area (Å²) in [4.78, 5) is 0. The van der Waals surface area contributed by atoms with Gasteiger partial charge in [-0.25, -0.2) is 0 Å². The van der Waals surface area contributed by atoms with Gasteiger partial charge in [-0.05, 0) is 52.9 Å². The summed E-state index contributed by atoms with van der Waals surface area (Å²) in [5, 5.41) is 18.8. The fraction of sp³-hybridized carbons (Fsp3) is 0.143. The summed E-state index contributed by atoms with van der Waals surface area (Å²) in [6.45, 7) is 2.17. The number of hydrogen-bond acceptors (Lipinski definition) is 2. The maximum Gasteiger partial charge on any atom is 0.115 e. The normalized spacial score (nSPS) is 12.0. The van der Waals surface area contributed by atoms with Crippen LogP contribution in [0.25, 0.3) is 11.1 Å². The average molecular weight is 304 g/mol. The van der Waals surface area contributed by atoms with Gasteiger partial charge >= 0.3 is 0 Å². The summed E-state index contributed by atoms with van der Waals surface area (Å²) in [5.74, 6) is 0.902. The van der Waals surface area contributed by atoms with Crippen LogP contribution in [0.2, 0.25) is 0 Å². The monoisotopic (exact) mass is 304 g/mol. The SMILES string of the molecule is CCC(c1ccc(O)cc1)c1ccc(-c2ccc(O)cc2)cc1. The summed E-state index contributed by atoms with van der Waals surface area (Å²) in [5.41, 5.74) is 4.70. The van der Waals surface area contributed by atoms with E-state index in [0.29, 0.717) is 11.7 Å². The Labute approximate surface area is 136 Å². The predicted octanol–water partition coefficient (Wildman–Crippen LogP) is 5.31. The molecule has 0 aromatic heterocycles. The lowest BCUT2D eigenvalue weighted by molar-refractivity contribution is 0.474. The molecule has 3 rings (SSSR count). The van der Waals surface area contributed by atoms with E-state index in [2.05, 4.69) is 31.2 Å². The van der Waals surface area contributed by atoms with Crippen molar-refractivity contribution >= 4 is 0 Å². The van der Waals surface area contributed by atoms with Gasteiger partial charge in [0.25, 0.3) is 0 Å². The minimum atomic E-state index is 0.281. The number of benzene rings is 3. The fourth-order valence-corrected chi connectivity index (χ4v) is 2.93. The highest BCUT2D eigenvalue weighted by atomic mass is 16.3. The molecule has 2 heteroatoms. The van der Waals surface area contributed by atoms with Gasteiger partial charge in [-0.3, -0.25) is 0 Å². The zero-order valence-electron chi connectivity index (χ0n) is 13.1. The van der Waals surface area contributed by atoms with E-state index in [1.54, 1.807) is 24.3 Å². The van der Waals surface area contributed by atoms with Gasteiger partial charge in [-0.2, -0.15) is 0 Å². The van der Waals surface area contributed by atoms with Crippen LogP contribution < -0.4 is 0 Å². The van der Waals surface area contributed by atoms with Crippen molar-refractivity contribution in [3.63, 3.8) is 0 Å². The predicted molar refractivity (Wildman–Crippen MR) is 93.8 cm³/mol. The third kappa shape index (κ3) is 3.37. The Kier molecular flexibility index (Phi) is 4.33. The van der Waals surface area contributed by atoms with Crippen LogP contribution in [-0.2, 0) is 0 Å². The number of rotatable bonds is 4. The molecular weight excluding hydrogens is 284 g/mol. The maximum atomic E-state index is 9.45. The maximum absolute atomic E-state index is 9.45. The van der Waals surface area contributed by atoms with Crippen LogP contribution in [0.4, 0.5) is 0 Å². The van der Waals surface area contributed by atoms with Gasteiger partial charge in [-0.1, -0.05) is 55.5 Å². The molecule has 0 aliphatic heterocycles. The Morgan fingerprint density at radius 1 is 0.609 bits per heavy atom. The second-order valence-corrected chi connectivity index (χ2v) is 5.72. The average Bonchev–Trinajstić information content (AvgIpc) is 2.59. The van der Waals surface area contributed by atoms with Crippen molar-refractivity contribution in [1.82, 2.24) is 0 Å². The van der Waals surface area contributed by atoms with E-state index < -0.39 is 0 Å². The molecule has 0 bridgehead atoms. The lowest BCUT2D eigenvalue weighted by Crippen LogP contribution is -1.99. The lowest BCUT2D eigenvalue weighted by Gasteiger charge is -2.16. The smallest absolute Gasteiger partial charge is 0.115 e. The van der Waals surface area contributed by atoms with Crippen molar-refractivity contribution in [2.75, 3.05) is 0 Å². The van der Waals surface area contributed by atoms with Crippen molar-refractivity contribution < 1.29 is 10.2 Å². The van der Waals surface area contributed by atoms with Crippen LogP contribution in [0.3, 0.4) is 0 Å². The molecule has 23 heavy (non-hydrogen) atoms. The standard InChI is InChI=1S/C21H20O2/c1-2-21(18-9-13-20(23)14-10-18)17-5-3-15(4-6-17)16-7-11-19(22)12-8-16/h3-14,21-23H,2H2,1H3. The Morgan fingerprint density at radius 3 is 1.39 bits per heavy atom. The molecule has 0 heterocycles. The van der Waals surface area contributed by atoms with E-state index in [4.69, 9.17) is 0 Å². The fourth-order valence-electron chi connectivity index (χ4n) is 2.93. The number of aromatic hydroxyl groups is 2. The molecule has 1 atom stereocenters. The molecule has 3 aromatic rings. The molecule has 1 unspecified atom stereocenters. The Hall–Kier alpha value is -2.74. The first-order valence-corrected chi connectivity index (χ1v) is 7.85. The number of phenols is 2. The first-order chi connectivity index (χ1) is 11.2. The summed E-state index contributed by atoms with van der Waals surface area (Å²) in [7, 11) is 0. The molecule has 0 saturated carbocycles. The lowest BCUT2D eigenvalue weighted by atomic mass is 9.88. The molecule has 0 radical (unpaired) electrons. The summed E-state index contributed by atoms with van der Waals surface area (Å²) >= 11 is 0. The first kappa shape index (κ1) is 15.2. The molecule has 3 aromatic carbocycles. The summed E-state index contributed by atoms with van der Waals surface area (Å²) in [6, 6.07) is 23.2. The van der Waals surface area contributed by atoms with E-state index in [1.807, 2.05) is 24.3 Å². The zero-order valence-corrected chi connectivity index (χ0v) is 13.1. The second kappa shape index (κ2) is 6.57. The second-order valence-electron chi connectivity index (χ2n) is 5.72. The largest absolute Gasteiger partial charge is 0.508 e. The molecular formula is C21H20O2. The molecule has 0 fully saturated rings. The van der Waals surface area contributed by atoms with Crippen molar-refractivity contribution in [3.05, 3.63) is 83.9 Å². The highest BCUT2D eigenvalue weighted by molar-refractivity contribution is 5.64. The molecule has 0 amide bonds. The van der Waals surface area contributed by atoms with Crippen LogP contribution in [-0.4, -0.2) is 10.2 Å². The van der Waals surface area contributed by atoms with Gasteiger partial charge in [0, 0.05) is 5.92 Å². The van der Waals surface area contributed by atoms with E-state index in [9.17, 15) is 10.2 Å². The Balaban J connectivity index is 1.88. The quantitative estimate of drug-likeness (QED) is 0.686. The van der Waals surface area contributed by atoms with Gasteiger partial charge < -0.3 is 10.2 Å². The van der Waals surface area contributed by atoms with Gasteiger partial charge in [0.2, 0.25) is 0 Å². The van der Waals surface area contributed by atoms with Crippen LogP contribution in [0.5, 0.6) is 11.5 Å². The molecule has 0 saturated heterocycles. The molecule has 0 aliphatic carbocycles. The summed E-state index contributed by atoms with van der Waals surface area (Å²) < 4.78 is 0. The molecule has 116 valence electrons. The third-order valence-electron chi connectivity index (χ3n) is 4.22. The number of phenolic OH excluding ortho intramolecular Hbond substituents is 2. The van der Waals surface area contributed by atoms with E-state index in [1.165, 1.54) is 11.1 Å². The van der Waals surface area contributed by atoms with Crippen LogP contribution >= 0.6 is 0 Å². The first-order valence-electron chi connectivity index (χ1n) is 7.85. The van der Waals surface area contributed by atoms with Gasteiger partial charge in [0.1, 0.15) is 11.5 Å². The topological polar surface area (TPSA) is 40.5 Å². The van der Waals surface area contributed by atoms with Crippen LogP contribution in [0.1, 0.15) is 30.4 Å². The van der Waals surface area contributed by atoms with Crippen molar-refractivity contribution in [1.29, 1.82) is 0 Å². The van der Waals surface area contributed by atoms with Gasteiger partial charge in [0.15, 0.2) is 0 Å². The van der Waals surface area contributed by atoms with Crippen LogP contribution in [0.15, 0.2) is 72.8 Å². The summed E-state index contributed by atoms with van der Waals surface area (Å²) in [6.07, 6.45) is 1.00. The van der Waals surface area contributed by atoms with Gasteiger partial charge in [-0.15, -0.1) is 0 Å². The third-order valence-corrected chi connectivity index (χ3v) is 4.22. The van der Waals surface area contributed by atoms with E-state index >= 15 is 0 Å². The molecule has 0 spiro atoms. The van der Waals surface area contributed by atoms with E-state index in [0.717, 1.165) is 17.5 Å². The number of hydrogen-bond donors (Lipinski definition) is 2. The molecule has 0 aliphatic rings. The Morgan fingerprint density at radius 2 is 0.957 bits per heavy atom.